The normalized spacial score (nSPS) is 11.3. The number of allylic oxidation sites excluding steroid dienone is 4. The van der Waals surface area contributed by atoms with Crippen molar-refractivity contribution in [3.05, 3.63) is 70.3 Å². The van der Waals surface area contributed by atoms with Crippen LogP contribution in [0.15, 0.2) is 64.7 Å². The van der Waals surface area contributed by atoms with E-state index >= 15 is 0 Å². The van der Waals surface area contributed by atoms with Gasteiger partial charge in [-0.3, -0.25) is 0 Å². The van der Waals surface area contributed by atoms with Crippen LogP contribution in [0.3, 0.4) is 0 Å². The van der Waals surface area contributed by atoms with Crippen molar-refractivity contribution in [3.63, 3.8) is 0 Å². The molecule has 1 nitrogen and oxygen atoms in total. The fourth-order valence-corrected chi connectivity index (χ4v) is 2.30. The molecular weight excluding hydrogens is 322 g/mol. The van der Waals surface area contributed by atoms with Crippen molar-refractivity contribution >= 4 is 38.4 Å². The number of benzene rings is 1. The fraction of sp³-hybridized carbons (Fsp3) is 0.125. The van der Waals surface area contributed by atoms with Crippen LogP contribution in [-0.2, 0) is 6.42 Å². The van der Waals surface area contributed by atoms with Crippen LogP contribution in [0.25, 0.3) is 10.9 Å². The minimum absolute atomic E-state index is 0.525. The molecule has 3 heteroatoms. The summed E-state index contributed by atoms with van der Waals surface area (Å²) in [5.41, 5.74) is 3.41. The molecule has 0 atom stereocenters. The van der Waals surface area contributed by atoms with Gasteiger partial charge in [0.15, 0.2) is 0 Å². The topological polar surface area (TPSA) is 15.8 Å². The van der Waals surface area contributed by atoms with Gasteiger partial charge in [-0.15, -0.1) is 0 Å². The standard InChI is InChI=1S/C16H15BrClN/c1-11(3-5-12(2)18)4-8-15-9-13-6-7-14(17)10-16(13)19-15/h3,5-7,9-10,19H,1-2,4,8H2/b5-3-. The molecule has 0 bridgehead atoms. The van der Waals surface area contributed by atoms with Gasteiger partial charge in [-0.25, -0.2) is 0 Å². The third-order valence-corrected chi connectivity index (χ3v) is 3.47. The minimum Gasteiger partial charge on any atom is -0.358 e. The fourth-order valence-electron chi connectivity index (χ4n) is 1.88. The van der Waals surface area contributed by atoms with Crippen LogP contribution in [0.2, 0.25) is 0 Å². The van der Waals surface area contributed by atoms with Crippen molar-refractivity contribution in [1.82, 2.24) is 4.98 Å². The van der Waals surface area contributed by atoms with Gasteiger partial charge in [0.1, 0.15) is 0 Å². The van der Waals surface area contributed by atoms with Gasteiger partial charge in [-0.2, -0.15) is 0 Å². The van der Waals surface area contributed by atoms with E-state index < -0.39 is 0 Å². The first-order valence-corrected chi connectivity index (χ1v) is 7.19. The third kappa shape index (κ3) is 4.12. The Morgan fingerprint density at radius 1 is 1.26 bits per heavy atom. The zero-order valence-corrected chi connectivity index (χ0v) is 12.9. The highest BCUT2D eigenvalue weighted by Gasteiger charge is 2.01. The molecule has 0 spiro atoms. The summed E-state index contributed by atoms with van der Waals surface area (Å²) in [4.78, 5) is 3.42. The lowest BCUT2D eigenvalue weighted by Gasteiger charge is -1.98. The second-order valence-electron chi connectivity index (χ2n) is 4.46. The molecule has 98 valence electrons. The summed E-state index contributed by atoms with van der Waals surface area (Å²) < 4.78 is 1.08. The number of fused-ring (bicyclic) bond motifs is 1. The monoisotopic (exact) mass is 335 g/mol. The number of hydrogen-bond acceptors (Lipinski definition) is 0. The molecule has 0 aliphatic carbocycles. The first kappa shape index (κ1) is 14.2. The van der Waals surface area contributed by atoms with E-state index in [0.29, 0.717) is 5.03 Å². The van der Waals surface area contributed by atoms with E-state index in [1.54, 1.807) is 6.08 Å². The van der Waals surface area contributed by atoms with Crippen LogP contribution in [-0.4, -0.2) is 4.98 Å². The Balaban J connectivity index is 2.02. The van der Waals surface area contributed by atoms with Crippen LogP contribution in [0, 0.1) is 0 Å². The highest BCUT2D eigenvalue weighted by Crippen LogP contribution is 2.21. The molecule has 0 fully saturated rings. The van der Waals surface area contributed by atoms with Gasteiger partial charge in [0.2, 0.25) is 0 Å². The lowest BCUT2D eigenvalue weighted by Crippen LogP contribution is -1.86. The van der Waals surface area contributed by atoms with Gasteiger partial charge in [0.05, 0.1) is 0 Å². The van der Waals surface area contributed by atoms with Crippen molar-refractivity contribution in [2.45, 2.75) is 12.8 Å². The first-order chi connectivity index (χ1) is 9.04. The number of aryl methyl sites for hydroxylation is 1. The molecule has 2 rings (SSSR count). The maximum absolute atomic E-state index is 5.67. The van der Waals surface area contributed by atoms with Crippen LogP contribution < -0.4 is 0 Å². The average molecular weight is 337 g/mol. The second-order valence-corrected chi connectivity index (χ2v) is 5.87. The van der Waals surface area contributed by atoms with Crippen molar-refractivity contribution in [2.75, 3.05) is 0 Å². The number of nitrogens with one attached hydrogen (secondary N) is 1. The zero-order valence-electron chi connectivity index (χ0n) is 10.5. The predicted octanol–water partition coefficient (Wildman–Crippen LogP) is 5.73. The van der Waals surface area contributed by atoms with E-state index in [1.165, 1.54) is 11.1 Å². The molecule has 0 radical (unpaired) electrons. The summed E-state index contributed by atoms with van der Waals surface area (Å²) in [6.45, 7) is 7.61. The Morgan fingerprint density at radius 3 is 2.79 bits per heavy atom. The van der Waals surface area contributed by atoms with Crippen molar-refractivity contribution in [1.29, 1.82) is 0 Å². The SMILES string of the molecule is C=C(Cl)/C=C\C(=C)CCc1cc2ccc(Br)cc2[nH]1. The van der Waals surface area contributed by atoms with E-state index in [2.05, 4.69) is 52.3 Å². The largest absolute Gasteiger partial charge is 0.358 e. The summed E-state index contributed by atoms with van der Waals surface area (Å²) >= 11 is 9.15. The van der Waals surface area contributed by atoms with Crippen LogP contribution >= 0.6 is 27.5 Å². The molecule has 1 aromatic heterocycles. The van der Waals surface area contributed by atoms with E-state index in [-0.39, 0.29) is 0 Å². The van der Waals surface area contributed by atoms with Gasteiger partial charge in [0, 0.05) is 20.7 Å². The highest BCUT2D eigenvalue weighted by molar-refractivity contribution is 9.10. The molecule has 0 unspecified atom stereocenters. The number of hydrogen-bond donors (Lipinski definition) is 1. The number of halogens is 2. The Kier molecular flexibility index (Phi) is 4.67. The van der Waals surface area contributed by atoms with Crippen molar-refractivity contribution in [3.8, 4) is 0 Å². The predicted molar refractivity (Wildman–Crippen MR) is 87.6 cm³/mol. The maximum atomic E-state index is 5.67. The maximum Gasteiger partial charge on any atom is 0.0467 e. The minimum atomic E-state index is 0.525. The van der Waals surface area contributed by atoms with Gasteiger partial charge in [-0.1, -0.05) is 58.4 Å². The lowest BCUT2D eigenvalue weighted by molar-refractivity contribution is 0.937. The number of aromatic amines is 1. The molecule has 1 N–H and O–H groups in total. The summed E-state index contributed by atoms with van der Waals surface area (Å²) in [5.74, 6) is 0. The van der Waals surface area contributed by atoms with Gasteiger partial charge in [0.25, 0.3) is 0 Å². The Bertz CT molecular complexity index is 652. The first-order valence-electron chi connectivity index (χ1n) is 6.02. The molecule has 19 heavy (non-hydrogen) atoms. The quantitative estimate of drug-likeness (QED) is 0.671. The van der Waals surface area contributed by atoms with Crippen LogP contribution in [0.5, 0.6) is 0 Å². The molecule has 0 saturated heterocycles. The molecule has 1 aromatic carbocycles. The van der Waals surface area contributed by atoms with E-state index in [4.69, 9.17) is 11.6 Å². The van der Waals surface area contributed by atoms with Crippen molar-refractivity contribution < 1.29 is 0 Å². The van der Waals surface area contributed by atoms with Crippen LogP contribution in [0.4, 0.5) is 0 Å². The summed E-state index contributed by atoms with van der Waals surface area (Å²) in [6, 6.07) is 8.42. The third-order valence-electron chi connectivity index (χ3n) is 2.86. The lowest BCUT2D eigenvalue weighted by atomic mass is 10.1. The Morgan fingerprint density at radius 2 is 2.05 bits per heavy atom. The molecular formula is C16H15BrClN. The number of aromatic nitrogens is 1. The molecule has 0 aliphatic heterocycles. The average Bonchev–Trinajstić information content (AvgIpc) is 2.75. The number of rotatable bonds is 5. The summed E-state index contributed by atoms with van der Waals surface area (Å²) in [5, 5.41) is 1.75. The molecule has 2 aromatic rings. The molecule has 0 saturated carbocycles. The van der Waals surface area contributed by atoms with E-state index in [1.807, 2.05) is 12.1 Å². The van der Waals surface area contributed by atoms with Gasteiger partial charge < -0.3 is 4.98 Å². The van der Waals surface area contributed by atoms with Gasteiger partial charge >= 0.3 is 0 Å². The second kappa shape index (κ2) is 6.27. The van der Waals surface area contributed by atoms with E-state index in [0.717, 1.165) is 28.4 Å². The number of H-pyrrole nitrogens is 1. The smallest absolute Gasteiger partial charge is 0.0467 e. The van der Waals surface area contributed by atoms with Gasteiger partial charge in [-0.05, 0) is 42.5 Å². The molecule has 1 heterocycles. The highest BCUT2D eigenvalue weighted by atomic mass is 79.9. The summed E-state index contributed by atoms with van der Waals surface area (Å²) in [6.07, 6.45) is 5.51. The van der Waals surface area contributed by atoms with Crippen molar-refractivity contribution in [2.24, 2.45) is 0 Å². The van der Waals surface area contributed by atoms with Crippen LogP contribution in [0.1, 0.15) is 12.1 Å². The Labute approximate surface area is 126 Å². The van der Waals surface area contributed by atoms with E-state index in [9.17, 15) is 0 Å². The zero-order chi connectivity index (χ0) is 13.8. The molecule has 0 aliphatic rings. The molecule has 0 amide bonds. The summed E-state index contributed by atoms with van der Waals surface area (Å²) in [7, 11) is 0. The Hall–Kier alpha value is -1.25.